The monoisotopic (exact) mass is 382 g/mol. The quantitative estimate of drug-likeness (QED) is 0.346. The highest BCUT2D eigenvalue weighted by Gasteiger charge is 2.36. The van der Waals surface area contributed by atoms with Crippen LogP contribution >= 0.6 is 0 Å². The Morgan fingerprint density at radius 3 is 1.96 bits per heavy atom. The van der Waals surface area contributed by atoms with Crippen LogP contribution in [0.5, 0.6) is 5.75 Å². The summed E-state index contributed by atoms with van der Waals surface area (Å²) < 4.78 is 73.0. The average molecular weight is 382 g/mol. The molecule has 0 bridgehead atoms. The first-order chi connectivity index (χ1) is 12.8. The molecular weight excluding hydrogens is 371 g/mol. The maximum atomic E-state index is 14.0. The van der Waals surface area contributed by atoms with Crippen LogP contribution in [-0.4, -0.2) is 18.7 Å². The molecule has 1 aliphatic rings. The summed E-state index contributed by atoms with van der Waals surface area (Å²) in [7, 11) is 1.48. The predicted octanol–water partition coefficient (Wildman–Crippen LogP) is 4.20. The van der Waals surface area contributed by atoms with Gasteiger partial charge in [-0.15, -0.1) is 0 Å². The standard InChI is InChI=1S/C18H11F5N2O2/c1-8-11(7-9-3-5-10(27-2)6-4-9)18(26)25(24-8)17-15(22)13(20)12(19)14(21)16(17)23/h3-7H,1-2H3/b11-7-. The molecule has 140 valence electrons. The second-order valence-corrected chi connectivity index (χ2v) is 5.55. The highest BCUT2D eigenvalue weighted by molar-refractivity contribution is 6.32. The maximum absolute atomic E-state index is 14.0. The van der Waals surface area contributed by atoms with Gasteiger partial charge in [0.25, 0.3) is 5.91 Å². The lowest BCUT2D eigenvalue weighted by molar-refractivity contribution is -0.114. The minimum Gasteiger partial charge on any atom is -0.497 e. The van der Waals surface area contributed by atoms with Crippen LogP contribution in [0.2, 0.25) is 0 Å². The van der Waals surface area contributed by atoms with Crippen molar-refractivity contribution in [3.8, 4) is 5.75 Å². The lowest BCUT2D eigenvalue weighted by atomic mass is 10.1. The zero-order valence-corrected chi connectivity index (χ0v) is 14.0. The van der Waals surface area contributed by atoms with Gasteiger partial charge in [0, 0.05) is 0 Å². The van der Waals surface area contributed by atoms with E-state index in [-0.39, 0.29) is 16.3 Å². The van der Waals surface area contributed by atoms with Gasteiger partial charge in [-0.2, -0.15) is 10.1 Å². The molecule has 27 heavy (non-hydrogen) atoms. The zero-order chi connectivity index (χ0) is 19.9. The molecule has 1 amide bonds. The van der Waals surface area contributed by atoms with Gasteiger partial charge >= 0.3 is 0 Å². The number of hydrogen-bond acceptors (Lipinski definition) is 3. The largest absolute Gasteiger partial charge is 0.497 e. The maximum Gasteiger partial charge on any atom is 0.280 e. The van der Waals surface area contributed by atoms with Crippen molar-refractivity contribution in [2.24, 2.45) is 5.10 Å². The van der Waals surface area contributed by atoms with Gasteiger partial charge in [0.1, 0.15) is 11.4 Å². The van der Waals surface area contributed by atoms with E-state index in [1.165, 1.54) is 20.1 Å². The van der Waals surface area contributed by atoms with Crippen molar-refractivity contribution in [2.45, 2.75) is 6.92 Å². The first-order valence-corrected chi connectivity index (χ1v) is 7.53. The summed E-state index contributed by atoms with van der Waals surface area (Å²) >= 11 is 0. The minimum absolute atomic E-state index is 0.0518. The number of carbonyl (C=O) groups excluding carboxylic acids is 1. The van der Waals surface area contributed by atoms with E-state index in [1.54, 1.807) is 24.3 Å². The van der Waals surface area contributed by atoms with Crippen molar-refractivity contribution >= 4 is 23.4 Å². The van der Waals surface area contributed by atoms with Crippen LogP contribution < -0.4 is 9.75 Å². The van der Waals surface area contributed by atoms with E-state index in [9.17, 15) is 26.7 Å². The Morgan fingerprint density at radius 1 is 0.926 bits per heavy atom. The van der Waals surface area contributed by atoms with E-state index >= 15 is 0 Å². The normalized spacial score (nSPS) is 15.5. The molecule has 0 saturated heterocycles. The number of carbonyl (C=O) groups is 1. The molecule has 2 aromatic carbocycles. The van der Waals surface area contributed by atoms with E-state index < -0.39 is 40.7 Å². The fraction of sp³-hybridized carbons (Fsp3) is 0.111. The van der Waals surface area contributed by atoms with Crippen LogP contribution in [0.4, 0.5) is 27.6 Å². The van der Waals surface area contributed by atoms with Crippen molar-refractivity contribution in [1.29, 1.82) is 0 Å². The smallest absolute Gasteiger partial charge is 0.280 e. The van der Waals surface area contributed by atoms with Crippen LogP contribution in [0.25, 0.3) is 6.08 Å². The van der Waals surface area contributed by atoms with Gasteiger partial charge < -0.3 is 4.74 Å². The Morgan fingerprint density at radius 2 is 1.44 bits per heavy atom. The van der Waals surface area contributed by atoms with Crippen LogP contribution in [0.3, 0.4) is 0 Å². The number of nitrogens with zero attached hydrogens (tertiary/aromatic N) is 2. The van der Waals surface area contributed by atoms with E-state index in [2.05, 4.69) is 5.10 Å². The summed E-state index contributed by atoms with van der Waals surface area (Å²) in [6.07, 6.45) is 1.38. The highest BCUT2D eigenvalue weighted by Crippen LogP contribution is 2.34. The molecule has 0 N–H and O–H groups in total. The summed E-state index contributed by atoms with van der Waals surface area (Å²) in [4.78, 5) is 12.5. The van der Waals surface area contributed by atoms with E-state index in [4.69, 9.17) is 4.74 Å². The SMILES string of the molecule is COc1ccc(/C=C2\C(=O)N(c3c(F)c(F)c(F)c(F)c3F)N=C2C)cc1. The van der Waals surface area contributed by atoms with Crippen molar-refractivity contribution in [2.75, 3.05) is 12.1 Å². The van der Waals surface area contributed by atoms with Crippen LogP contribution in [0.1, 0.15) is 12.5 Å². The average Bonchev–Trinajstić information content (AvgIpc) is 2.93. The topological polar surface area (TPSA) is 41.9 Å². The Labute approximate surface area is 150 Å². The number of ether oxygens (including phenoxy) is 1. The van der Waals surface area contributed by atoms with Gasteiger partial charge in [0.05, 0.1) is 18.4 Å². The molecule has 0 aliphatic carbocycles. The van der Waals surface area contributed by atoms with E-state index in [0.717, 1.165) is 0 Å². The van der Waals surface area contributed by atoms with Crippen molar-refractivity contribution in [3.63, 3.8) is 0 Å². The number of halogens is 5. The third-order valence-corrected chi connectivity index (χ3v) is 3.89. The molecule has 9 heteroatoms. The molecule has 0 saturated carbocycles. The molecule has 2 aromatic rings. The third-order valence-electron chi connectivity index (χ3n) is 3.89. The molecule has 0 unspecified atom stereocenters. The fourth-order valence-electron chi connectivity index (χ4n) is 2.48. The van der Waals surface area contributed by atoms with Crippen LogP contribution in [-0.2, 0) is 4.79 Å². The Kier molecular flexibility index (Phi) is 4.69. The third kappa shape index (κ3) is 3.05. The second kappa shape index (κ2) is 6.82. The van der Waals surface area contributed by atoms with Gasteiger partial charge in [-0.3, -0.25) is 4.79 Å². The number of benzene rings is 2. The first kappa shape index (κ1) is 18.6. The molecule has 1 heterocycles. The van der Waals surface area contributed by atoms with Crippen molar-refractivity contribution in [3.05, 3.63) is 64.5 Å². The second-order valence-electron chi connectivity index (χ2n) is 5.55. The molecule has 0 radical (unpaired) electrons. The Hall–Kier alpha value is -3.23. The zero-order valence-electron chi connectivity index (χ0n) is 14.0. The summed E-state index contributed by atoms with van der Waals surface area (Å²) in [6, 6.07) is 6.49. The van der Waals surface area contributed by atoms with Crippen LogP contribution in [0, 0.1) is 29.1 Å². The van der Waals surface area contributed by atoms with Crippen molar-refractivity contribution in [1.82, 2.24) is 0 Å². The number of rotatable bonds is 3. The van der Waals surface area contributed by atoms with Gasteiger partial charge in [-0.1, -0.05) is 12.1 Å². The van der Waals surface area contributed by atoms with E-state index in [1.807, 2.05) is 0 Å². The number of anilines is 1. The summed E-state index contributed by atoms with van der Waals surface area (Å²) in [6.45, 7) is 1.37. The van der Waals surface area contributed by atoms with Gasteiger partial charge in [-0.25, -0.2) is 22.0 Å². The lowest BCUT2D eigenvalue weighted by Gasteiger charge is -2.15. The van der Waals surface area contributed by atoms with Gasteiger partial charge in [0.15, 0.2) is 23.3 Å². The predicted molar refractivity (Wildman–Crippen MR) is 87.8 cm³/mol. The number of amides is 1. The van der Waals surface area contributed by atoms with Crippen molar-refractivity contribution < 1.29 is 31.5 Å². The Bertz CT molecular complexity index is 971. The molecule has 0 fully saturated rings. The molecular formula is C18H11F5N2O2. The number of hydrogen-bond donors (Lipinski definition) is 0. The molecule has 4 nitrogen and oxygen atoms in total. The lowest BCUT2D eigenvalue weighted by Crippen LogP contribution is -2.25. The van der Waals surface area contributed by atoms with Crippen LogP contribution in [0.15, 0.2) is 34.9 Å². The number of methoxy groups -OCH3 is 1. The van der Waals surface area contributed by atoms with Gasteiger partial charge in [-0.05, 0) is 30.7 Å². The summed E-state index contributed by atoms with van der Waals surface area (Å²) in [5.41, 5.74) is -0.870. The molecule has 3 rings (SSSR count). The fourth-order valence-corrected chi connectivity index (χ4v) is 2.48. The molecule has 0 spiro atoms. The first-order valence-electron chi connectivity index (χ1n) is 7.53. The molecule has 0 aromatic heterocycles. The molecule has 1 aliphatic heterocycles. The van der Waals surface area contributed by atoms with Gasteiger partial charge in [0.2, 0.25) is 5.82 Å². The summed E-state index contributed by atoms with van der Waals surface area (Å²) in [5, 5.41) is 3.82. The number of hydrazone groups is 1. The minimum atomic E-state index is -2.31. The van der Waals surface area contributed by atoms with E-state index in [0.29, 0.717) is 11.3 Å². The Balaban J connectivity index is 2.05. The highest BCUT2D eigenvalue weighted by atomic mass is 19.2. The molecule has 0 atom stereocenters. The summed E-state index contributed by atoms with van der Waals surface area (Å²) in [5.74, 6) is -11.3.